The molecule has 2 rings (SSSR count). The summed E-state index contributed by atoms with van der Waals surface area (Å²) in [7, 11) is -3.75. The molecule has 0 saturated heterocycles. The summed E-state index contributed by atoms with van der Waals surface area (Å²) in [5, 5.41) is 3.51. The van der Waals surface area contributed by atoms with Gasteiger partial charge in [0.1, 0.15) is 12.6 Å². The van der Waals surface area contributed by atoms with Crippen molar-refractivity contribution in [2.75, 3.05) is 17.1 Å². The average Bonchev–Trinajstić information content (AvgIpc) is 2.78. The normalized spacial score (nSPS) is 13.1. The molecule has 2 amide bonds. The predicted octanol–water partition coefficient (Wildman–Crippen LogP) is 4.43. The molecule has 7 nitrogen and oxygen atoms in total. The first-order valence-corrected chi connectivity index (χ1v) is 14.3. The lowest BCUT2D eigenvalue weighted by atomic mass is 10.1. The highest BCUT2D eigenvalue weighted by Gasteiger charge is 2.32. The smallest absolute Gasteiger partial charge is 0.244 e. The van der Waals surface area contributed by atoms with Gasteiger partial charge in [0.2, 0.25) is 21.8 Å². The van der Waals surface area contributed by atoms with Crippen molar-refractivity contribution in [3.05, 3.63) is 62.7 Å². The number of carbonyl (C=O) groups excluding carboxylic acids is 2. The SMILES string of the molecule is CCC(C)NC(=O)C(CC)N(Cc1ccc(Cl)cc1)C(=O)CN(c1ccc(I)cc1)S(C)(=O)=O. The van der Waals surface area contributed by atoms with Crippen molar-refractivity contribution in [2.45, 2.75) is 52.2 Å². The number of rotatable bonds is 11. The van der Waals surface area contributed by atoms with Crippen molar-refractivity contribution in [3.63, 3.8) is 0 Å². The molecule has 0 fully saturated rings. The first-order chi connectivity index (χ1) is 16.0. The van der Waals surface area contributed by atoms with Gasteiger partial charge in [-0.2, -0.15) is 0 Å². The van der Waals surface area contributed by atoms with E-state index in [1.807, 2.05) is 20.8 Å². The zero-order chi connectivity index (χ0) is 25.5. The van der Waals surface area contributed by atoms with Gasteiger partial charge in [0, 0.05) is 21.2 Å². The van der Waals surface area contributed by atoms with Crippen molar-refractivity contribution in [1.29, 1.82) is 0 Å². The van der Waals surface area contributed by atoms with Crippen LogP contribution in [-0.2, 0) is 26.2 Å². The number of anilines is 1. The van der Waals surface area contributed by atoms with Crippen molar-refractivity contribution in [1.82, 2.24) is 10.2 Å². The third-order valence-electron chi connectivity index (χ3n) is 5.45. The minimum Gasteiger partial charge on any atom is -0.352 e. The number of hydrogen-bond acceptors (Lipinski definition) is 4. The second-order valence-electron chi connectivity index (χ2n) is 8.14. The Balaban J connectivity index is 2.41. The highest BCUT2D eigenvalue weighted by atomic mass is 127. The first kappa shape index (κ1) is 28.4. The molecule has 2 unspecified atom stereocenters. The van der Waals surface area contributed by atoms with E-state index in [0.29, 0.717) is 17.1 Å². The van der Waals surface area contributed by atoms with Crippen molar-refractivity contribution in [2.24, 2.45) is 0 Å². The molecule has 0 aliphatic rings. The number of nitrogens with one attached hydrogen (secondary N) is 1. The van der Waals surface area contributed by atoms with Crippen LogP contribution in [0.3, 0.4) is 0 Å². The number of hydrogen-bond donors (Lipinski definition) is 1. The van der Waals surface area contributed by atoms with E-state index < -0.39 is 28.5 Å². The Kier molecular flexibility index (Phi) is 10.6. The molecule has 0 aliphatic carbocycles. The van der Waals surface area contributed by atoms with Crippen molar-refractivity contribution in [3.8, 4) is 0 Å². The molecular formula is C24H31ClIN3O4S. The van der Waals surface area contributed by atoms with Gasteiger partial charge in [0.05, 0.1) is 11.9 Å². The maximum atomic E-state index is 13.6. The number of nitrogens with zero attached hydrogens (tertiary/aromatic N) is 2. The minimum absolute atomic E-state index is 0.0478. The van der Waals surface area contributed by atoms with Crippen LogP contribution in [0, 0.1) is 3.57 Å². The van der Waals surface area contributed by atoms with Crippen LogP contribution in [0.4, 0.5) is 5.69 Å². The van der Waals surface area contributed by atoms with Gasteiger partial charge in [-0.15, -0.1) is 0 Å². The molecule has 0 saturated carbocycles. The zero-order valence-electron chi connectivity index (χ0n) is 19.8. The van der Waals surface area contributed by atoms with Crippen LogP contribution >= 0.6 is 34.2 Å². The lowest BCUT2D eigenvalue weighted by Gasteiger charge is -2.33. The van der Waals surface area contributed by atoms with Crippen LogP contribution in [0.1, 0.15) is 39.2 Å². The summed E-state index contributed by atoms with van der Waals surface area (Å²) in [5.74, 6) is -0.732. The average molecular weight is 620 g/mol. The minimum atomic E-state index is -3.75. The molecule has 2 aromatic carbocycles. The molecule has 34 heavy (non-hydrogen) atoms. The van der Waals surface area contributed by atoms with Crippen LogP contribution in [0.2, 0.25) is 5.02 Å². The van der Waals surface area contributed by atoms with Gasteiger partial charge in [-0.3, -0.25) is 13.9 Å². The van der Waals surface area contributed by atoms with E-state index in [1.54, 1.807) is 48.5 Å². The summed E-state index contributed by atoms with van der Waals surface area (Å²) in [6.45, 7) is 5.43. The third-order valence-corrected chi connectivity index (χ3v) is 7.56. The molecule has 0 aromatic heterocycles. The maximum absolute atomic E-state index is 13.6. The summed E-state index contributed by atoms with van der Waals surface area (Å²) in [5.41, 5.74) is 1.17. The van der Waals surface area contributed by atoms with Gasteiger partial charge in [-0.25, -0.2) is 8.42 Å². The lowest BCUT2D eigenvalue weighted by Crippen LogP contribution is -2.53. The number of benzene rings is 2. The van der Waals surface area contributed by atoms with Gasteiger partial charge in [-0.05, 0) is 84.3 Å². The Morgan fingerprint density at radius 2 is 1.62 bits per heavy atom. The molecule has 10 heteroatoms. The molecule has 0 bridgehead atoms. The lowest BCUT2D eigenvalue weighted by molar-refractivity contribution is -0.140. The van der Waals surface area contributed by atoms with Crippen molar-refractivity contribution >= 4 is 61.7 Å². The summed E-state index contributed by atoms with van der Waals surface area (Å²) >= 11 is 8.13. The molecular weight excluding hydrogens is 589 g/mol. The van der Waals surface area contributed by atoms with Gasteiger partial charge in [0.15, 0.2) is 0 Å². The van der Waals surface area contributed by atoms with Crippen LogP contribution in [-0.4, -0.2) is 50.0 Å². The van der Waals surface area contributed by atoms with Gasteiger partial charge in [0.25, 0.3) is 0 Å². The van der Waals surface area contributed by atoms with E-state index in [9.17, 15) is 18.0 Å². The van der Waals surface area contributed by atoms with E-state index >= 15 is 0 Å². The van der Waals surface area contributed by atoms with Gasteiger partial charge >= 0.3 is 0 Å². The van der Waals surface area contributed by atoms with Gasteiger partial charge < -0.3 is 10.2 Å². The number of halogens is 2. The predicted molar refractivity (Wildman–Crippen MR) is 145 cm³/mol. The summed E-state index contributed by atoms with van der Waals surface area (Å²) < 4.78 is 27.2. The quantitative estimate of drug-likeness (QED) is 0.377. The molecule has 0 heterocycles. The molecule has 2 aromatic rings. The van der Waals surface area contributed by atoms with E-state index in [1.165, 1.54) is 4.90 Å². The topological polar surface area (TPSA) is 86.8 Å². The summed E-state index contributed by atoms with van der Waals surface area (Å²) in [6.07, 6.45) is 2.20. The summed E-state index contributed by atoms with van der Waals surface area (Å²) in [4.78, 5) is 28.1. The van der Waals surface area contributed by atoms with Crippen LogP contribution in [0.5, 0.6) is 0 Å². The first-order valence-electron chi connectivity index (χ1n) is 11.0. The highest BCUT2D eigenvalue weighted by Crippen LogP contribution is 2.21. The Bertz CT molecular complexity index is 1080. The zero-order valence-corrected chi connectivity index (χ0v) is 23.5. The van der Waals surface area contributed by atoms with Crippen LogP contribution in [0.25, 0.3) is 0 Å². The highest BCUT2D eigenvalue weighted by molar-refractivity contribution is 14.1. The maximum Gasteiger partial charge on any atom is 0.244 e. The third kappa shape index (κ3) is 8.13. The largest absolute Gasteiger partial charge is 0.352 e. The monoisotopic (exact) mass is 619 g/mol. The fourth-order valence-electron chi connectivity index (χ4n) is 3.37. The van der Waals surface area contributed by atoms with Crippen LogP contribution < -0.4 is 9.62 Å². The second kappa shape index (κ2) is 12.7. The van der Waals surface area contributed by atoms with Crippen molar-refractivity contribution < 1.29 is 18.0 Å². The Morgan fingerprint density at radius 1 is 1.03 bits per heavy atom. The molecule has 0 spiro atoms. The summed E-state index contributed by atoms with van der Waals surface area (Å²) in [6, 6.07) is 13.1. The Morgan fingerprint density at radius 3 is 2.12 bits per heavy atom. The molecule has 0 aliphatic heterocycles. The van der Waals surface area contributed by atoms with Crippen LogP contribution in [0.15, 0.2) is 48.5 Å². The van der Waals surface area contributed by atoms with E-state index in [2.05, 4.69) is 27.9 Å². The van der Waals surface area contributed by atoms with Gasteiger partial charge in [-0.1, -0.05) is 37.6 Å². The molecule has 186 valence electrons. The fraction of sp³-hybridized carbons (Fsp3) is 0.417. The Labute approximate surface area is 221 Å². The standard InChI is InChI=1S/C24H31ClIN3O4S/c1-5-17(3)27-24(31)22(6-2)28(15-18-7-9-19(25)10-8-18)23(30)16-29(34(4,32)33)21-13-11-20(26)12-14-21/h7-14,17,22H,5-6,15-16H2,1-4H3,(H,27,31). The van der Waals surface area contributed by atoms with E-state index in [4.69, 9.17) is 11.6 Å². The Hall–Kier alpha value is -1.85. The second-order valence-corrected chi connectivity index (χ2v) is 11.7. The molecule has 1 N–H and O–H groups in total. The molecule has 2 atom stereocenters. The van der Waals surface area contributed by atoms with E-state index in [0.717, 1.165) is 26.1 Å². The number of sulfonamides is 1. The van der Waals surface area contributed by atoms with E-state index in [-0.39, 0.29) is 18.5 Å². The number of amides is 2. The molecule has 0 radical (unpaired) electrons. The fourth-order valence-corrected chi connectivity index (χ4v) is 4.70. The number of carbonyl (C=O) groups is 2.